The molecule has 0 aromatic carbocycles. The average molecular weight is 292 g/mol. The molecule has 2 aromatic rings. The summed E-state index contributed by atoms with van der Waals surface area (Å²) in [7, 11) is 0. The summed E-state index contributed by atoms with van der Waals surface area (Å²) < 4.78 is 1.70. The van der Waals surface area contributed by atoms with Crippen LogP contribution in [0.1, 0.15) is 53.1 Å². The standard InChI is InChI=1S/C12H16N6O3/c1-3-4-18-10(15-6-16-18)7(2)17-11(19)8-9(12(20)21)14-5-13-8/h5-7H,3-4H2,1-2H3,(H,13,14)(H,17,19)(H,20,21)/t7-/m1/s1. The first-order chi connectivity index (χ1) is 10.0. The third kappa shape index (κ3) is 3.07. The summed E-state index contributed by atoms with van der Waals surface area (Å²) in [5.74, 6) is -1.20. The van der Waals surface area contributed by atoms with Crippen LogP contribution >= 0.6 is 0 Å². The van der Waals surface area contributed by atoms with Crippen molar-refractivity contribution in [2.45, 2.75) is 32.9 Å². The summed E-state index contributed by atoms with van der Waals surface area (Å²) in [6, 6.07) is -0.412. The number of hydrogen-bond donors (Lipinski definition) is 3. The van der Waals surface area contributed by atoms with E-state index >= 15 is 0 Å². The number of aromatic nitrogens is 5. The van der Waals surface area contributed by atoms with E-state index in [9.17, 15) is 9.59 Å². The Hall–Kier alpha value is -2.71. The van der Waals surface area contributed by atoms with E-state index in [1.165, 1.54) is 12.7 Å². The minimum atomic E-state index is -1.24. The van der Waals surface area contributed by atoms with Gasteiger partial charge >= 0.3 is 5.97 Å². The fraction of sp³-hybridized carbons (Fsp3) is 0.417. The van der Waals surface area contributed by atoms with Crippen LogP contribution in [0.3, 0.4) is 0 Å². The van der Waals surface area contributed by atoms with Crippen LogP contribution in [0.5, 0.6) is 0 Å². The zero-order valence-corrected chi connectivity index (χ0v) is 11.7. The lowest BCUT2D eigenvalue weighted by molar-refractivity contribution is 0.0684. The van der Waals surface area contributed by atoms with Crippen LogP contribution in [0.15, 0.2) is 12.7 Å². The Balaban J connectivity index is 2.13. The number of carbonyl (C=O) groups is 2. The summed E-state index contributed by atoms with van der Waals surface area (Å²) in [6.45, 7) is 4.46. The number of amides is 1. The van der Waals surface area contributed by atoms with Crippen molar-refractivity contribution in [1.82, 2.24) is 30.0 Å². The van der Waals surface area contributed by atoms with Gasteiger partial charge in [-0.3, -0.25) is 4.79 Å². The molecule has 0 spiro atoms. The van der Waals surface area contributed by atoms with Gasteiger partial charge < -0.3 is 15.4 Å². The van der Waals surface area contributed by atoms with E-state index in [4.69, 9.17) is 5.11 Å². The maximum atomic E-state index is 12.1. The van der Waals surface area contributed by atoms with Crippen LogP contribution in [-0.4, -0.2) is 41.7 Å². The molecule has 112 valence electrons. The predicted octanol–water partition coefficient (Wildman–Crippen LogP) is 0.600. The lowest BCUT2D eigenvalue weighted by Gasteiger charge is -2.13. The highest BCUT2D eigenvalue weighted by molar-refractivity contribution is 6.02. The van der Waals surface area contributed by atoms with Crippen molar-refractivity contribution in [3.05, 3.63) is 29.9 Å². The van der Waals surface area contributed by atoms with Crippen LogP contribution in [-0.2, 0) is 6.54 Å². The van der Waals surface area contributed by atoms with Gasteiger partial charge in [-0.25, -0.2) is 19.4 Å². The van der Waals surface area contributed by atoms with Gasteiger partial charge in [0, 0.05) is 6.54 Å². The molecule has 0 fully saturated rings. The van der Waals surface area contributed by atoms with Crippen LogP contribution in [0.2, 0.25) is 0 Å². The molecule has 0 saturated carbocycles. The molecule has 2 aromatic heterocycles. The summed E-state index contributed by atoms with van der Waals surface area (Å²) >= 11 is 0. The fourth-order valence-electron chi connectivity index (χ4n) is 1.95. The van der Waals surface area contributed by atoms with Gasteiger partial charge in [-0.05, 0) is 13.3 Å². The van der Waals surface area contributed by atoms with Crippen molar-refractivity contribution in [2.75, 3.05) is 0 Å². The highest BCUT2D eigenvalue weighted by atomic mass is 16.4. The molecule has 0 saturated heterocycles. The monoisotopic (exact) mass is 292 g/mol. The first-order valence-electron chi connectivity index (χ1n) is 6.49. The molecule has 0 unspecified atom stereocenters. The van der Waals surface area contributed by atoms with Crippen LogP contribution in [0, 0.1) is 0 Å². The number of hydrogen-bond acceptors (Lipinski definition) is 5. The second-order valence-corrected chi connectivity index (χ2v) is 4.47. The van der Waals surface area contributed by atoms with E-state index in [2.05, 4.69) is 25.4 Å². The zero-order chi connectivity index (χ0) is 15.4. The molecule has 1 atom stereocenters. The molecule has 9 nitrogen and oxygen atoms in total. The summed E-state index contributed by atoms with van der Waals surface area (Å²) in [5, 5.41) is 15.7. The lowest BCUT2D eigenvalue weighted by Crippen LogP contribution is -2.30. The van der Waals surface area contributed by atoms with Crippen LogP contribution in [0.4, 0.5) is 0 Å². The van der Waals surface area contributed by atoms with Crippen molar-refractivity contribution < 1.29 is 14.7 Å². The molecule has 0 aliphatic heterocycles. The average Bonchev–Trinajstić information content (AvgIpc) is 3.07. The number of carboxylic acids is 1. The van der Waals surface area contributed by atoms with Crippen molar-refractivity contribution in [3.8, 4) is 0 Å². The highest BCUT2D eigenvalue weighted by Crippen LogP contribution is 2.11. The smallest absolute Gasteiger partial charge is 0.354 e. The first kappa shape index (κ1) is 14.7. The predicted molar refractivity (Wildman–Crippen MR) is 71.7 cm³/mol. The van der Waals surface area contributed by atoms with Crippen LogP contribution < -0.4 is 5.32 Å². The fourth-order valence-corrected chi connectivity index (χ4v) is 1.95. The van der Waals surface area contributed by atoms with Crippen molar-refractivity contribution in [1.29, 1.82) is 0 Å². The number of rotatable bonds is 6. The number of H-pyrrole nitrogens is 1. The van der Waals surface area contributed by atoms with E-state index in [1.54, 1.807) is 11.6 Å². The summed E-state index contributed by atoms with van der Waals surface area (Å²) in [6.07, 6.45) is 3.48. The Bertz CT molecular complexity index is 647. The number of aryl methyl sites for hydroxylation is 1. The second-order valence-electron chi connectivity index (χ2n) is 4.47. The Kier molecular flexibility index (Phi) is 4.31. The summed E-state index contributed by atoms with van der Waals surface area (Å²) in [4.78, 5) is 33.3. The topological polar surface area (TPSA) is 126 Å². The summed E-state index contributed by atoms with van der Waals surface area (Å²) in [5.41, 5.74) is -0.398. The first-order valence-corrected chi connectivity index (χ1v) is 6.49. The number of imidazole rings is 1. The Labute approximate surface area is 120 Å². The van der Waals surface area contributed by atoms with Crippen molar-refractivity contribution in [2.24, 2.45) is 0 Å². The van der Waals surface area contributed by atoms with E-state index < -0.39 is 17.9 Å². The third-order valence-electron chi connectivity index (χ3n) is 2.88. The molecule has 21 heavy (non-hydrogen) atoms. The number of nitrogens with one attached hydrogen (secondary N) is 2. The van der Waals surface area contributed by atoms with Crippen molar-refractivity contribution >= 4 is 11.9 Å². The Morgan fingerprint density at radius 3 is 2.90 bits per heavy atom. The third-order valence-corrected chi connectivity index (χ3v) is 2.88. The Morgan fingerprint density at radius 2 is 2.24 bits per heavy atom. The largest absolute Gasteiger partial charge is 0.477 e. The Morgan fingerprint density at radius 1 is 1.48 bits per heavy atom. The zero-order valence-electron chi connectivity index (χ0n) is 11.7. The van der Waals surface area contributed by atoms with Crippen molar-refractivity contribution in [3.63, 3.8) is 0 Å². The van der Waals surface area contributed by atoms with Gasteiger partial charge in [0.25, 0.3) is 5.91 Å². The number of nitrogens with zero attached hydrogens (tertiary/aromatic N) is 4. The minimum absolute atomic E-state index is 0.157. The number of aromatic carboxylic acids is 1. The molecule has 3 N–H and O–H groups in total. The van der Waals surface area contributed by atoms with Gasteiger partial charge in [0.15, 0.2) is 11.4 Å². The van der Waals surface area contributed by atoms with E-state index in [0.29, 0.717) is 12.4 Å². The minimum Gasteiger partial charge on any atom is -0.477 e. The molecule has 2 rings (SSSR count). The van der Waals surface area contributed by atoms with Gasteiger partial charge in [0.1, 0.15) is 12.2 Å². The maximum absolute atomic E-state index is 12.1. The van der Waals surface area contributed by atoms with E-state index in [0.717, 1.165) is 6.42 Å². The van der Waals surface area contributed by atoms with Gasteiger partial charge in [-0.15, -0.1) is 0 Å². The molecular formula is C12H16N6O3. The number of carboxylic acid groups (broad SMARTS) is 1. The van der Waals surface area contributed by atoms with E-state index in [-0.39, 0.29) is 11.4 Å². The molecule has 2 heterocycles. The van der Waals surface area contributed by atoms with Gasteiger partial charge in [-0.1, -0.05) is 6.92 Å². The highest BCUT2D eigenvalue weighted by Gasteiger charge is 2.22. The molecule has 1 amide bonds. The SMILES string of the molecule is CCCn1ncnc1[C@@H](C)NC(=O)c1nc[nH]c1C(=O)O. The molecular weight excluding hydrogens is 276 g/mol. The lowest BCUT2D eigenvalue weighted by atomic mass is 10.2. The maximum Gasteiger partial charge on any atom is 0.354 e. The van der Waals surface area contributed by atoms with Crippen LogP contribution in [0.25, 0.3) is 0 Å². The van der Waals surface area contributed by atoms with Gasteiger partial charge in [0.2, 0.25) is 0 Å². The second kappa shape index (κ2) is 6.16. The van der Waals surface area contributed by atoms with Gasteiger partial charge in [0.05, 0.1) is 12.4 Å². The normalized spacial score (nSPS) is 12.1. The number of carbonyl (C=O) groups excluding carboxylic acids is 1. The molecule has 0 aliphatic rings. The molecule has 0 bridgehead atoms. The molecule has 0 aliphatic carbocycles. The van der Waals surface area contributed by atoms with E-state index in [1.807, 2.05) is 6.92 Å². The molecule has 9 heteroatoms. The van der Waals surface area contributed by atoms with Gasteiger partial charge in [-0.2, -0.15) is 5.10 Å². The molecule has 0 radical (unpaired) electrons. The quantitative estimate of drug-likeness (QED) is 0.715. The number of aromatic amines is 1.